The normalized spacial score (nSPS) is 15.3. The Hall–Kier alpha value is -4.09. The van der Waals surface area contributed by atoms with Gasteiger partial charge < -0.3 is 9.15 Å². The molecule has 39 heavy (non-hydrogen) atoms. The third-order valence-electron chi connectivity index (χ3n) is 6.03. The second kappa shape index (κ2) is 10.6. The topological polar surface area (TPSA) is 117 Å². The van der Waals surface area contributed by atoms with Crippen molar-refractivity contribution in [1.82, 2.24) is 4.57 Å². The smallest absolute Gasteiger partial charge is 0.338 e. The number of nitrogens with zero attached hydrogens (tertiary/aromatic N) is 3. The van der Waals surface area contributed by atoms with Gasteiger partial charge in [0, 0.05) is 28.2 Å². The van der Waals surface area contributed by atoms with E-state index in [0.717, 1.165) is 5.56 Å². The molecular formula is C28H22BrN3O6S. The molecule has 1 aliphatic rings. The van der Waals surface area contributed by atoms with Gasteiger partial charge in [-0.1, -0.05) is 41.7 Å². The largest absolute Gasteiger partial charge is 0.459 e. The summed E-state index contributed by atoms with van der Waals surface area (Å²) in [5.41, 5.74) is 1.85. The third-order valence-corrected chi connectivity index (χ3v) is 7.67. The molecule has 11 heteroatoms. The molecule has 3 heterocycles. The molecule has 0 N–H and O–H groups in total. The summed E-state index contributed by atoms with van der Waals surface area (Å²) < 4.78 is 13.9. The molecule has 1 unspecified atom stereocenters. The van der Waals surface area contributed by atoms with E-state index in [-0.39, 0.29) is 17.4 Å². The highest BCUT2D eigenvalue weighted by Crippen LogP contribution is 2.33. The zero-order valence-corrected chi connectivity index (χ0v) is 23.5. The van der Waals surface area contributed by atoms with E-state index >= 15 is 0 Å². The van der Waals surface area contributed by atoms with Crippen molar-refractivity contribution < 1.29 is 18.9 Å². The van der Waals surface area contributed by atoms with Gasteiger partial charge in [0.15, 0.2) is 4.80 Å². The van der Waals surface area contributed by atoms with Crippen molar-refractivity contribution >= 4 is 45.0 Å². The highest BCUT2D eigenvalue weighted by molar-refractivity contribution is 9.10. The first-order valence-electron chi connectivity index (χ1n) is 12.0. The molecule has 5 rings (SSSR count). The fraction of sp³-hybridized carbons (Fsp3) is 0.179. The van der Waals surface area contributed by atoms with E-state index in [9.17, 15) is 19.7 Å². The Labute approximate surface area is 234 Å². The van der Waals surface area contributed by atoms with Crippen LogP contribution in [0.5, 0.6) is 0 Å². The van der Waals surface area contributed by atoms with E-state index < -0.39 is 16.9 Å². The quantitative estimate of drug-likeness (QED) is 0.171. The minimum Gasteiger partial charge on any atom is -0.459 e. The van der Waals surface area contributed by atoms with Gasteiger partial charge in [-0.15, -0.1) is 0 Å². The van der Waals surface area contributed by atoms with E-state index in [0.29, 0.717) is 42.2 Å². The molecule has 9 nitrogen and oxygen atoms in total. The number of carbonyl (C=O) groups excluding carboxylic acids is 1. The monoisotopic (exact) mass is 607 g/mol. The number of aromatic nitrogens is 1. The van der Waals surface area contributed by atoms with Crippen molar-refractivity contribution in [2.24, 2.45) is 4.99 Å². The first-order chi connectivity index (χ1) is 18.6. The maximum absolute atomic E-state index is 13.7. The number of furan rings is 1. The highest BCUT2D eigenvalue weighted by atomic mass is 79.9. The number of non-ortho nitro benzene ring substituents is 1. The Morgan fingerprint density at radius 3 is 2.62 bits per heavy atom. The molecule has 0 aliphatic carbocycles. The first kappa shape index (κ1) is 26.5. The van der Waals surface area contributed by atoms with Gasteiger partial charge >= 0.3 is 5.97 Å². The second-order valence-corrected chi connectivity index (χ2v) is 10.9. The van der Waals surface area contributed by atoms with E-state index in [2.05, 4.69) is 20.9 Å². The Bertz CT molecular complexity index is 1820. The van der Waals surface area contributed by atoms with Gasteiger partial charge in [-0.3, -0.25) is 19.5 Å². The summed E-state index contributed by atoms with van der Waals surface area (Å²) in [6.45, 7) is 5.28. The number of halogens is 1. The van der Waals surface area contributed by atoms with Crippen LogP contribution in [-0.2, 0) is 9.53 Å². The summed E-state index contributed by atoms with van der Waals surface area (Å²) in [4.78, 5) is 42.5. The van der Waals surface area contributed by atoms with E-state index in [1.165, 1.54) is 28.0 Å². The zero-order chi connectivity index (χ0) is 27.8. The van der Waals surface area contributed by atoms with Crippen molar-refractivity contribution in [2.75, 3.05) is 0 Å². The van der Waals surface area contributed by atoms with E-state index in [1.807, 2.05) is 30.3 Å². The average molecular weight is 608 g/mol. The number of thiazole rings is 1. The number of fused-ring (bicyclic) bond motifs is 1. The molecule has 4 aromatic rings. The van der Waals surface area contributed by atoms with Crippen molar-refractivity contribution in [3.8, 4) is 11.3 Å². The predicted octanol–water partition coefficient (Wildman–Crippen LogP) is 5.12. The van der Waals surface area contributed by atoms with Crippen LogP contribution in [0.1, 0.15) is 38.1 Å². The van der Waals surface area contributed by atoms with Crippen LogP contribution in [-0.4, -0.2) is 21.6 Å². The lowest BCUT2D eigenvalue weighted by molar-refractivity contribution is -0.384. The summed E-state index contributed by atoms with van der Waals surface area (Å²) in [6, 6.07) is 16.5. The Morgan fingerprint density at radius 1 is 1.21 bits per heavy atom. The van der Waals surface area contributed by atoms with Gasteiger partial charge in [0.05, 0.1) is 32.9 Å². The van der Waals surface area contributed by atoms with Gasteiger partial charge in [-0.2, -0.15) is 0 Å². The van der Waals surface area contributed by atoms with Gasteiger partial charge in [0.25, 0.3) is 11.2 Å². The Morgan fingerprint density at radius 2 is 1.95 bits per heavy atom. The van der Waals surface area contributed by atoms with Crippen LogP contribution in [0.2, 0.25) is 0 Å². The van der Waals surface area contributed by atoms with Gasteiger partial charge in [-0.25, -0.2) is 9.79 Å². The molecule has 0 bridgehead atoms. The Kier molecular flexibility index (Phi) is 7.19. The predicted molar refractivity (Wildman–Crippen MR) is 150 cm³/mol. The number of nitro groups is 1. The van der Waals surface area contributed by atoms with Crippen LogP contribution in [0.15, 0.2) is 90.6 Å². The Balaban J connectivity index is 1.60. The molecule has 198 valence electrons. The number of ether oxygens (including phenoxy) is 1. The van der Waals surface area contributed by atoms with Crippen molar-refractivity contribution in [3.05, 3.63) is 118 Å². The van der Waals surface area contributed by atoms with Crippen molar-refractivity contribution in [1.29, 1.82) is 0 Å². The molecule has 0 spiro atoms. The van der Waals surface area contributed by atoms with Crippen LogP contribution >= 0.6 is 27.3 Å². The lowest BCUT2D eigenvalue weighted by Crippen LogP contribution is -2.40. The maximum Gasteiger partial charge on any atom is 0.338 e. The third kappa shape index (κ3) is 5.15. The van der Waals surface area contributed by atoms with Crippen LogP contribution in [0.25, 0.3) is 17.4 Å². The van der Waals surface area contributed by atoms with Gasteiger partial charge in [0.1, 0.15) is 11.5 Å². The number of hydrogen-bond acceptors (Lipinski definition) is 8. The molecule has 0 amide bonds. The van der Waals surface area contributed by atoms with E-state index in [4.69, 9.17) is 9.15 Å². The fourth-order valence-corrected chi connectivity index (χ4v) is 5.92. The molecule has 1 atom stereocenters. The van der Waals surface area contributed by atoms with Crippen molar-refractivity contribution in [3.63, 3.8) is 0 Å². The molecular weight excluding hydrogens is 586 g/mol. The number of hydrogen-bond donors (Lipinski definition) is 0. The number of nitro benzene ring substituents is 1. The molecule has 0 saturated carbocycles. The lowest BCUT2D eigenvalue weighted by atomic mass is 9.96. The molecule has 0 radical (unpaired) electrons. The minimum absolute atomic E-state index is 0.0431. The number of esters is 1. The number of benzene rings is 2. The van der Waals surface area contributed by atoms with Crippen LogP contribution in [0.3, 0.4) is 0 Å². The lowest BCUT2D eigenvalue weighted by Gasteiger charge is -2.25. The fourth-order valence-electron chi connectivity index (χ4n) is 4.33. The van der Waals surface area contributed by atoms with Crippen LogP contribution in [0.4, 0.5) is 5.69 Å². The molecule has 2 aromatic carbocycles. The summed E-state index contributed by atoms with van der Waals surface area (Å²) in [5, 5.41) is 11.1. The molecule has 2 aromatic heterocycles. The number of rotatable bonds is 6. The molecule has 0 fully saturated rings. The SMILES string of the molecule is CC1=C(C(=O)OC(C)C)C(c2ccccc2)n2c(sc(=Cc3ccc(-c4ccc([N+](=O)[O-])cc4Br)o3)c2=O)=N1. The summed E-state index contributed by atoms with van der Waals surface area (Å²) >= 11 is 4.56. The summed E-state index contributed by atoms with van der Waals surface area (Å²) in [7, 11) is 0. The maximum atomic E-state index is 13.7. The van der Waals surface area contributed by atoms with Crippen LogP contribution in [0, 0.1) is 10.1 Å². The van der Waals surface area contributed by atoms with Gasteiger partial charge in [0.2, 0.25) is 0 Å². The standard InChI is InChI=1S/C28H22BrN3O6S/c1-15(2)37-27(34)24-16(3)30-28-31(25(24)17-7-5-4-6-8-17)26(33)23(39-28)14-19-10-12-22(38-19)20-11-9-18(32(35)36)13-21(20)29/h4-15,25H,1-3H3. The zero-order valence-electron chi connectivity index (χ0n) is 21.1. The van der Waals surface area contributed by atoms with E-state index in [1.54, 1.807) is 45.0 Å². The second-order valence-electron chi connectivity index (χ2n) is 9.07. The number of allylic oxidation sites excluding steroid dienone is 1. The molecule has 0 saturated heterocycles. The van der Waals surface area contributed by atoms with Crippen LogP contribution < -0.4 is 14.9 Å². The van der Waals surface area contributed by atoms with Crippen molar-refractivity contribution in [2.45, 2.75) is 32.9 Å². The minimum atomic E-state index is -0.695. The van der Waals surface area contributed by atoms with Gasteiger partial charge in [-0.05, 0) is 60.5 Å². The average Bonchev–Trinajstić information content (AvgIpc) is 3.47. The number of carbonyl (C=O) groups is 1. The molecule has 1 aliphatic heterocycles. The highest BCUT2D eigenvalue weighted by Gasteiger charge is 2.33. The summed E-state index contributed by atoms with van der Waals surface area (Å²) in [6.07, 6.45) is 1.29. The first-order valence-corrected chi connectivity index (χ1v) is 13.6. The summed E-state index contributed by atoms with van der Waals surface area (Å²) in [5.74, 6) is 0.387.